The van der Waals surface area contributed by atoms with E-state index >= 15 is 0 Å². The van der Waals surface area contributed by atoms with Crippen LogP contribution in [-0.4, -0.2) is 29.9 Å². The summed E-state index contributed by atoms with van der Waals surface area (Å²) in [4.78, 5) is 28.9. The maximum absolute atomic E-state index is 13.0. The quantitative estimate of drug-likeness (QED) is 0.666. The van der Waals surface area contributed by atoms with Crippen molar-refractivity contribution in [2.75, 3.05) is 23.3 Å². The minimum Gasteiger partial charge on any atom is -0.322 e. The van der Waals surface area contributed by atoms with Gasteiger partial charge in [-0.2, -0.15) is 5.26 Å². The topological polar surface area (TPSA) is 76.4 Å². The van der Waals surface area contributed by atoms with Crippen molar-refractivity contribution in [3.8, 4) is 6.07 Å². The normalized spacial score (nSPS) is 13.6. The van der Waals surface area contributed by atoms with Crippen LogP contribution in [0.4, 0.5) is 16.2 Å². The molecule has 3 aromatic rings. The van der Waals surface area contributed by atoms with Crippen LogP contribution < -0.4 is 10.2 Å². The van der Waals surface area contributed by atoms with Crippen LogP contribution in [-0.2, 0) is 6.54 Å². The Labute approximate surface area is 181 Å². The van der Waals surface area contributed by atoms with Gasteiger partial charge in [-0.25, -0.2) is 4.79 Å². The molecule has 6 nitrogen and oxygen atoms in total. The molecule has 4 rings (SSSR count). The average molecular weight is 410 g/mol. The van der Waals surface area contributed by atoms with Crippen molar-refractivity contribution in [3.63, 3.8) is 0 Å². The zero-order valence-electron chi connectivity index (χ0n) is 17.0. The summed E-state index contributed by atoms with van der Waals surface area (Å²) in [6, 6.07) is 25.7. The Kier molecular flexibility index (Phi) is 5.95. The summed E-state index contributed by atoms with van der Waals surface area (Å²) < 4.78 is 0. The molecule has 3 aromatic carbocycles. The summed E-state index contributed by atoms with van der Waals surface area (Å²) in [7, 11) is 0. The summed E-state index contributed by atoms with van der Waals surface area (Å²) in [5.41, 5.74) is 3.58. The third-order valence-corrected chi connectivity index (χ3v) is 5.21. The number of anilines is 2. The molecule has 1 heterocycles. The van der Waals surface area contributed by atoms with E-state index in [1.165, 1.54) is 0 Å². The first kappa shape index (κ1) is 20.2. The number of rotatable bonds is 5. The summed E-state index contributed by atoms with van der Waals surface area (Å²) in [6.45, 7) is 1.79. The molecule has 154 valence electrons. The van der Waals surface area contributed by atoms with Gasteiger partial charge in [0.1, 0.15) is 0 Å². The highest BCUT2D eigenvalue weighted by molar-refractivity contribution is 6.04. The minimum atomic E-state index is -0.173. The highest BCUT2D eigenvalue weighted by Gasteiger charge is 2.26. The molecule has 6 heteroatoms. The van der Waals surface area contributed by atoms with Crippen molar-refractivity contribution in [3.05, 3.63) is 95.6 Å². The monoisotopic (exact) mass is 410 g/mol. The van der Waals surface area contributed by atoms with E-state index in [4.69, 9.17) is 5.26 Å². The van der Waals surface area contributed by atoms with E-state index in [1.54, 1.807) is 40.1 Å². The van der Waals surface area contributed by atoms with Gasteiger partial charge in [0.05, 0.1) is 11.6 Å². The van der Waals surface area contributed by atoms with E-state index in [-0.39, 0.29) is 11.9 Å². The Hall–Kier alpha value is -4.11. The fourth-order valence-corrected chi connectivity index (χ4v) is 3.65. The fourth-order valence-electron chi connectivity index (χ4n) is 3.65. The molecule has 1 fully saturated rings. The summed E-state index contributed by atoms with van der Waals surface area (Å²) in [6.07, 6.45) is 0.857. The van der Waals surface area contributed by atoms with Crippen LogP contribution in [0.2, 0.25) is 0 Å². The van der Waals surface area contributed by atoms with Gasteiger partial charge in [0.15, 0.2) is 0 Å². The predicted molar refractivity (Wildman–Crippen MR) is 120 cm³/mol. The predicted octanol–water partition coefficient (Wildman–Crippen LogP) is 4.64. The molecule has 31 heavy (non-hydrogen) atoms. The van der Waals surface area contributed by atoms with Crippen molar-refractivity contribution in [1.82, 2.24) is 4.90 Å². The molecular weight excluding hydrogens is 388 g/mol. The number of carbonyl (C=O) groups is 2. The average Bonchev–Trinajstić information content (AvgIpc) is 2.82. The summed E-state index contributed by atoms with van der Waals surface area (Å²) in [5.74, 6) is -0.173. The first-order valence-corrected chi connectivity index (χ1v) is 10.2. The molecule has 1 aliphatic heterocycles. The Morgan fingerprint density at radius 3 is 2.48 bits per heavy atom. The molecule has 0 aromatic heterocycles. The minimum absolute atomic E-state index is 0.0605. The molecule has 1 aliphatic rings. The highest BCUT2D eigenvalue weighted by Crippen LogP contribution is 2.23. The Morgan fingerprint density at radius 1 is 0.968 bits per heavy atom. The van der Waals surface area contributed by atoms with E-state index in [2.05, 4.69) is 11.4 Å². The van der Waals surface area contributed by atoms with Gasteiger partial charge in [-0.05, 0) is 60.5 Å². The lowest BCUT2D eigenvalue weighted by Crippen LogP contribution is -2.49. The lowest BCUT2D eigenvalue weighted by Gasteiger charge is -2.35. The first-order valence-electron chi connectivity index (χ1n) is 10.2. The number of nitrogens with one attached hydrogen (secondary N) is 1. The van der Waals surface area contributed by atoms with Gasteiger partial charge >= 0.3 is 6.03 Å². The SMILES string of the molecule is N#Cc1cccc(CN2CCCN(c3ccc(NC(=O)c4ccccc4)cc3)C2=O)c1. The van der Waals surface area contributed by atoms with Gasteiger partial charge in [0, 0.05) is 36.6 Å². The molecule has 0 saturated carbocycles. The van der Waals surface area contributed by atoms with Crippen LogP contribution >= 0.6 is 0 Å². The number of hydrogen-bond acceptors (Lipinski definition) is 3. The molecule has 3 amide bonds. The highest BCUT2D eigenvalue weighted by atomic mass is 16.2. The van der Waals surface area contributed by atoms with Crippen LogP contribution in [0.5, 0.6) is 0 Å². The standard InChI is InChI=1S/C25H22N4O2/c26-17-19-6-4-7-20(16-19)18-28-14-5-15-29(25(28)31)23-12-10-22(11-13-23)27-24(30)21-8-2-1-3-9-21/h1-4,6-13,16H,5,14-15,18H2,(H,27,30). The van der Waals surface area contributed by atoms with Gasteiger partial charge in [-0.1, -0.05) is 30.3 Å². The second-order valence-corrected chi connectivity index (χ2v) is 7.39. The molecule has 0 unspecified atom stereocenters. The number of carbonyl (C=O) groups excluding carboxylic acids is 2. The van der Waals surface area contributed by atoms with E-state index in [1.807, 2.05) is 48.5 Å². The zero-order valence-corrected chi connectivity index (χ0v) is 17.0. The number of urea groups is 1. The van der Waals surface area contributed by atoms with E-state index < -0.39 is 0 Å². The second-order valence-electron chi connectivity index (χ2n) is 7.39. The maximum Gasteiger partial charge on any atom is 0.324 e. The smallest absolute Gasteiger partial charge is 0.322 e. The summed E-state index contributed by atoms with van der Waals surface area (Å²) >= 11 is 0. The van der Waals surface area contributed by atoms with Gasteiger partial charge in [0.2, 0.25) is 0 Å². The first-order chi connectivity index (χ1) is 15.1. The van der Waals surface area contributed by atoms with Crippen LogP contribution in [0.1, 0.15) is 27.9 Å². The van der Waals surface area contributed by atoms with Crippen LogP contribution in [0, 0.1) is 11.3 Å². The number of amides is 3. The molecule has 0 aliphatic carbocycles. The second kappa shape index (κ2) is 9.14. The number of hydrogen-bond donors (Lipinski definition) is 1. The van der Waals surface area contributed by atoms with Gasteiger partial charge in [0.25, 0.3) is 5.91 Å². The number of nitrogens with zero attached hydrogens (tertiary/aromatic N) is 3. The van der Waals surface area contributed by atoms with Crippen LogP contribution in [0.15, 0.2) is 78.9 Å². The van der Waals surface area contributed by atoms with Crippen molar-refractivity contribution in [2.45, 2.75) is 13.0 Å². The molecule has 1 saturated heterocycles. The molecule has 1 N–H and O–H groups in total. The van der Waals surface area contributed by atoms with Gasteiger partial charge < -0.3 is 10.2 Å². The van der Waals surface area contributed by atoms with Crippen LogP contribution in [0.3, 0.4) is 0 Å². The third-order valence-electron chi connectivity index (χ3n) is 5.21. The number of benzene rings is 3. The Balaban J connectivity index is 1.43. The van der Waals surface area contributed by atoms with Crippen molar-refractivity contribution < 1.29 is 9.59 Å². The molecule has 0 spiro atoms. The van der Waals surface area contributed by atoms with Crippen molar-refractivity contribution in [2.24, 2.45) is 0 Å². The van der Waals surface area contributed by atoms with Gasteiger partial charge in [-0.15, -0.1) is 0 Å². The Bertz CT molecular complexity index is 1120. The molecule has 0 atom stereocenters. The number of nitriles is 1. The van der Waals surface area contributed by atoms with E-state index in [0.717, 1.165) is 17.7 Å². The third kappa shape index (κ3) is 4.73. The van der Waals surface area contributed by atoms with Crippen molar-refractivity contribution in [1.29, 1.82) is 5.26 Å². The maximum atomic E-state index is 13.0. The fraction of sp³-hybridized carbons (Fsp3) is 0.160. The Morgan fingerprint density at radius 2 is 1.74 bits per heavy atom. The molecule has 0 bridgehead atoms. The zero-order chi connectivity index (χ0) is 21.6. The van der Waals surface area contributed by atoms with E-state index in [0.29, 0.717) is 36.4 Å². The lowest BCUT2D eigenvalue weighted by atomic mass is 10.1. The summed E-state index contributed by atoms with van der Waals surface area (Å²) in [5, 5.41) is 12.0. The van der Waals surface area contributed by atoms with Gasteiger partial charge in [-0.3, -0.25) is 9.69 Å². The largest absolute Gasteiger partial charge is 0.324 e. The van der Waals surface area contributed by atoms with E-state index in [9.17, 15) is 9.59 Å². The van der Waals surface area contributed by atoms with Crippen molar-refractivity contribution >= 4 is 23.3 Å². The molecule has 0 radical (unpaired) electrons. The lowest BCUT2D eigenvalue weighted by molar-refractivity contribution is 0.102. The molecular formula is C25H22N4O2. The van der Waals surface area contributed by atoms with Crippen LogP contribution in [0.25, 0.3) is 0 Å².